The molecule has 0 aromatic heterocycles. The molecular formula is C14H19FN2O. The number of halogens is 1. The highest BCUT2D eigenvalue weighted by Crippen LogP contribution is 2.31. The van der Waals surface area contributed by atoms with Crippen LogP contribution in [0.1, 0.15) is 26.3 Å². The Bertz CT molecular complexity index is 479. The molecule has 0 saturated heterocycles. The first-order chi connectivity index (χ1) is 8.30. The van der Waals surface area contributed by atoms with Gasteiger partial charge in [-0.25, -0.2) is 4.39 Å². The Morgan fingerprint density at radius 2 is 2.11 bits per heavy atom. The fourth-order valence-corrected chi connectivity index (χ4v) is 2.12. The van der Waals surface area contributed by atoms with Crippen LogP contribution in [-0.4, -0.2) is 18.5 Å². The second-order valence-electron chi connectivity index (χ2n) is 5.86. The van der Waals surface area contributed by atoms with Crippen LogP contribution in [0.5, 0.6) is 0 Å². The number of anilines is 1. The van der Waals surface area contributed by atoms with Gasteiger partial charge in [0.05, 0.1) is 6.04 Å². The average Bonchev–Trinajstić information content (AvgIpc) is 2.68. The first-order valence-electron chi connectivity index (χ1n) is 6.16. The van der Waals surface area contributed by atoms with Gasteiger partial charge in [-0.1, -0.05) is 26.8 Å². The zero-order chi connectivity index (χ0) is 13.5. The molecule has 0 unspecified atom stereocenters. The number of amides is 1. The molecule has 1 atom stereocenters. The van der Waals surface area contributed by atoms with Gasteiger partial charge in [-0.2, -0.15) is 0 Å². The summed E-state index contributed by atoms with van der Waals surface area (Å²) in [7, 11) is 0. The van der Waals surface area contributed by atoms with Crippen LogP contribution in [0.2, 0.25) is 0 Å². The lowest BCUT2D eigenvalue weighted by Gasteiger charge is -2.30. The van der Waals surface area contributed by atoms with Gasteiger partial charge in [-0.3, -0.25) is 4.79 Å². The predicted octanol–water partition coefficient (Wildman–Crippen LogP) is 2.09. The van der Waals surface area contributed by atoms with E-state index in [0.29, 0.717) is 12.2 Å². The molecule has 4 heteroatoms. The highest BCUT2D eigenvalue weighted by Gasteiger charge is 2.34. The van der Waals surface area contributed by atoms with Crippen molar-refractivity contribution in [3.05, 3.63) is 29.6 Å². The fraction of sp³-hybridized carbons (Fsp3) is 0.500. The molecule has 0 fully saturated rings. The minimum Gasteiger partial charge on any atom is -0.319 e. The molecule has 18 heavy (non-hydrogen) atoms. The molecule has 1 aliphatic rings. The fourth-order valence-electron chi connectivity index (χ4n) is 2.12. The Hall–Kier alpha value is -1.42. The van der Waals surface area contributed by atoms with E-state index >= 15 is 0 Å². The van der Waals surface area contributed by atoms with Gasteiger partial charge in [-0.05, 0) is 29.5 Å². The summed E-state index contributed by atoms with van der Waals surface area (Å²) in [4.78, 5) is 13.9. The molecule has 1 amide bonds. The maximum Gasteiger partial charge on any atom is 0.244 e. The van der Waals surface area contributed by atoms with Gasteiger partial charge < -0.3 is 10.6 Å². The van der Waals surface area contributed by atoms with E-state index in [4.69, 9.17) is 5.73 Å². The Morgan fingerprint density at radius 3 is 2.72 bits per heavy atom. The molecular weight excluding hydrogens is 231 g/mol. The lowest BCUT2D eigenvalue weighted by atomic mass is 9.86. The third kappa shape index (κ3) is 2.25. The molecule has 98 valence electrons. The topological polar surface area (TPSA) is 46.3 Å². The summed E-state index contributed by atoms with van der Waals surface area (Å²) in [6, 6.07) is 4.00. The van der Waals surface area contributed by atoms with Crippen molar-refractivity contribution in [2.45, 2.75) is 33.2 Å². The van der Waals surface area contributed by atoms with Crippen molar-refractivity contribution in [2.75, 3.05) is 11.4 Å². The maximum atomic E-state index is 13.3. The van der Waals surface area contributed by atoms with E-state index in [1.54, 1.807) is 11.0 Å². The monoisotopic (exact) mass is 250 g/mol. The van der Waals surface area contributed by atoms with Gasteiger partial charge in [0.1, 0.15) is 5.82 Å². The van der Waals surface area contributed by atoms with E-state index < -0.39 is 6.04 Å². The van der Waals surface area contributed by atoms with Gasteiger partial charge in [0, 0.05) is 12.2 Å². The van der Waals surface area contributed by atoms with Gasteiger partial charge in [-0.15, -0.1) is 0 Å². The molecule has 1 aromatic carbocycles. The molecule has 0 bridgehead atoms. The van der Waals surface area contributed by atoms with E-state index in [2.05, 4.69) is 0 Å². The molecule has 0 aliphatic carbocycles. The summed E-state index contributed by atoms with van der Waals surface area (Å²) in [6.07, 6.45) is 0.762. The lowest BCUT2D eigenvalue weighted by Crippen LogP contribution is -2.50. The first-order valence-corrected chi connectivity index (χ1v) is 6.16. The number of hydrogen-bond acceptors (Lipinski definition) is 2. The van der Waals surface area contributed by atoms with E-state index in [9.17, 15) is 9.18 Å². The number of benzene rings is 1. The zero-order valence-corrected chi connectivity index (χ0v) is 11.0. The highest BCUT2D eigenvalue weighted by molar-refractivity contribution is 5.99. The number of carbonyl (C=O) groups is 1. The Morgan fingerprint density at radius 1 is 1.44 bits per heavy atom. The summed E-state index contributed by atoms with van der Waals surface area (Å²) in [5.74, 6) is -0.454. The van der Waals surface area contributed by atoms with Crippen LogP contribution in [0, 0.1) is 11.2 Å². The van der Waals surface area contributed by atoms with Crippen molar-refractivity contribution >= 4 is 11.6 Å². The summed E-state index contributed by atoms with van der Waals surface area (Å²) in [6.45, 7) is 6.37. The molecule has 0 radical (unpaired) electrons. The molecule has 1 aliphatic heterocycles. The third-order valence-corrected chi connectivity index (χ3v) is 3.41. The van der Waals surface area contributed by atoms with Gasteiger partial charge in [0.15, 0.2) is 0 Å². The smallest absolute Gasteiger partial charge is 0.244 e. The number of rotatable bonds is 1. The molecule has 1 aromatic rings. The quantitative estimate of drug-likeness (QED) is 0.829. The van der Waals surface area contributed by atoms with Crippen molar-refractivity contribution in [3.63, 3.8) is 0 Å². The van der Waals surface area contributed by atoms with Crippen molar-refractivity contribution in [2.24, 2.45) is 11.1 Å². The van der Waals surface area contributed by atoms with Crippen LogP contribution < -0.4 is 10.6 Å². The van der Waals surface area contributed by atoms with Crippen molar-refractivity contribution in [1.29, 1.82) is 0 Å². The summed E-state index contributed by atoms with van der Waals surface area (Å²) < 4.78 is 13.3. The molecule has 0 saturated carbocycles. The Balaban J connectivity index is 2.28. The predicted molar refractivity (Wildman–Crippen MR) is 69.9 cm³/mol. The van der Waals surface area contributed by atoms with E-state index in [1.807, 2.05) is 20.8 Å². The van der Waals surface area contributed by atoms with E-state index in [0.717, 1.165) is 12.0 Å². The second-order valence-corrected chi connectivity index (χ2v) is 5.86. The summed E-state index contributed by atoms with van der Waals surface area (Å²) in [5, 5.41) is 0. The average molecular weight is 250 g/mol. The van der Waals surface area contributed by atoms with Gasteiger partial charge in [0.2, 0.25) is 5.91 Å². The second kappa shape index (κ2) is 4.35. The Labute approximate surface area is 107 Å². The van der Waals surface area contributed by atoms with Crippen LogP contribution in [0.15, 0.2) is 18.2 Å². The van der Waals surface area contributed by atoms with Gasteiger partial charge >= 0.3 is 0 Å². The number of nitrogens with two attached hydrogens (primary N) is 1. The molecule has 3 nitrogen and oxygen atoms in total. The van der Waals surface area contributed by atoms with Gasteiger partial charge in [0.25, 0.3) is 0 Å². The zero-order valence-electron chi connectivity index (χ0n) is 11.0. The molecule has 2 rings (SSSR count). The van der Waals surface area contributed by atoms with Crippen molar-refractivity contribution in [1.82, 2.24) is 0 Å². The summed E-state index contributed by atoms with van der Waals surface area (Å²) in [5.41, 5.74) is 7.36. The molecule has 0 spiro atoms. The number of carbonyl (C=O) groups excluding carboxylic acids is 1. The minimum absolute atomic E-state index is 0.133. The van der Waals surface area contributed by atoms with Crippen LogP contribution in [0.3, 0.4) is 0 Å². The van der Waals surface area contributed by atoms with Crippen molar-refractivity contribution < 1.29 is 9.18 Å². The molecule has 2 N–H and O–H groups in total. The lowest BCUT2D eigenvalue weighted by molar-refractivity contribution is -0.121. The summed E-state index contributed by atoms with van der Waals surface area (Å²) >= 11 is 0. The largest absolute Gasteiger partial charge is 0.319 e. The normalized spacial score (nSPS) is 16.6. The SMILES string of the molecule is CC(C)(C)[C@@H](N)C(=O)N1CCc2ccc(F)cc21. The van der Waals surface area contributed by atoms with Crippen LogP contribution in [0.25, 0.3) is 0 Å². The van der Waals surface area contributed by atoms with Crippen LogP contribution in [0.4, 0.5) is 10.1 Å². The first kappa shape index (κ1) is 13.0. The third-order valence-electron chi connectivity index (χ3n) is 3.41. The minimum atomic E-state index is -0.577. The van der Waals surface area contributed by atoms with Crippen LogP contribution in [-0.2, 0) is 11.2 Å². The number of hydrogen-bond donors (Lipinski definition) is 1. The number of nitrogens with zero attached hydrogens (tertiary/aromatic N) is 1. The number of fused-ring (bicyclic) bond motifs is 1. The maximum absolute atomic E-state index is 13.3. The van der Waals surface area contributed by atoms with E-state index in [1.165, 1.54) is 12.1 Å². The van der Waals surface area contributed by atoms with E-state index in [-0.39, 0.29) is 17.1 Å². The van der Waals surface area contributed by atoms with Crippen LogP contribution >= 0.6 is 0 Å². The Kier molecular flexibility index (Phi) is 3.15. The van der Waals surface area contributed by atoms with Crippen molar-refractivity contribution in [3.8, 4) is 0 Å². The standard InChI is InChI=1S/C14H19FN2O/c1-14(2,3)12(16)13(18)17-7-6-9-4-5-10(15)8-11(9)17/h4-5,8,12H,6-7,16H2,1-3H3/t12-/m0/s1. The molecule has 1 heterocycles. The highest BCUT2D eigenvalue weighted by atomic mass is 19.1.